The fourth-order valence-electron chi connectivity index (χ4n) is 6.32. The van der Waals surface area contributed by atoms with Gasteiger partial charge in [0.05, 0.1) is 5.60 Å². The lowest BCUT2D eigenvalue weighted by Crippen LogP contribution is -2.54. The third-order valence-electron chi connectivity index (χ3n) is 8.21. The summed E-state index contributed by atoms with van der Waals surface area (Å²) in [6.45, 7) is 5.70. The maximum absolute atomic E-state index is 13.5. The first-order chi connectivity index (χ1) is 17.4. The maximum Gasteiger partial charge on any atom is 0.317 e. The molecule has 0 bridgehead atoms. The van der Waals surface area contributed by atoms with E-state index in [4.69, 9.17) is 4.74 Å². The Kier molecular flexibility index (Phi) is 12.0. The van der Waals surface area contributed by atoms with Gasteiger partial charge in [0.2, 0.25) is 0 Å². The summed E-state index contributed by atoms with van der Waals surface area (Å²) in [5.41, 5.74) is 0.0360. The molecule has 36 heavy (non-hydrogen) atoms. The van der Waals surface area contributed by atoms with Crippen LogP contribution in [-0.4, -0.2) is 73.9 Å². The van der Waals surface area contributed by atoms with Crippen molar-refractivity contribution < 1.29 is 14.6 Å². The van der Waals surface area contributed by atoms with Crippen molar-refractivity contribution in [1.82, 2.24) is 15.1 Å². The van der Waals surface area contributed by atoms with Gasteiger partial charge < -0.3 is 25.0 Å². The van der Waals surface area contributed by atoms with Gasteiger partial charge in [-0.05, 0) is 71.0 Å². The van der Waals surface area contributed by atoms with E-state index in [9.17, 15) is 9.90 Å². The molecule has 2 fully saturated rings. The highest BCUT2D eigenvalue weighted by Crippen LogP contribution is 2.39. The number of piperidine rings is 1. The molecule has 2 amide bonds. The summed E-state index contributed by atoms with van der Waals surface area (Å²) in [5, 5.41) is 15.5. The summed E-state index contributed by atoms with van der Waals surface area (Å²) in [4.78, 5) is 17.6. The number of likely N-dealkylation sites (tertiary alicyclic amines) is 1. The van der Waals surface area contributed by atoms with Gasteiger partial charge in [-0.3, -0.25) is 0 Å². The minimum atomic E-state index is -0.933. The van der Waals surface area contributed by atoms with Crippen molar-refractivity contribution in [2.45, 2.75) is 89.2 Å². The van der Waals surface area contributed by atoms with E-state index in [0.717, 1.165) is 69.9 Å². The second-order valence-corrected chi connectivity index (χ2v) is 11.4. The van der Waals surface area contributed by atoms with Gasteiger partial charge in [0.15, 0.2) is 0 Å². The zero-order valence-corrected chi connectivity index (χ0v) is 23.1. The normalized spacial score (nSPS) is 21.8. The number of amides is 2. The number of aliphatic hydroxyl groups is 1. The Morgan fingerprint density at radius 3 is 2.58 bits per heavy atom. The van der Waals surface area contributed by atoms with E-state index in [1.165, 1.54) is 32.1 Å². The summed E-state index contributed by atoms with van der Waals surface area (Å²) in [6, 6.07) is 10.3. The van der Waals surface area contributed by atoms with Crippen molar-refractivity contribution in [3.05, 3.63) is 35.9 Å². The molecule has 1 unspecified atom stereocenters. The Hall–Kier alpha value is -1.63. The van der Waals surface area contributed by atoms with Crippen LogP contribution in [-0.2, 0) is 10.3 Å². The van der Waals surface area contributed by atoms with E-state index in [1.54, 1.807) is 0 Å². The Balaban J connectivity index is 1.65. The van der Waals surface area contributed by atoms with Gasteiger partial charge in [-0.25, -0.2) is 4.79 Å². The van der Waals surface area contributed by atoms with Crippen molar-refractivity contribution in [2.24, 2.45) is 11.8 Å². The smallest absolute Gasteiger partial charge is 0.317 e. The molecule has 1 heterocycles. The molecule has 1 saturated carbocycles. The van der Waals surface area contributed by atoms with Crippen LogP contribution < -0.4 is 5.32 Å². The SMILES string of the molecule is CCOCCCC[C@](O)(c1ccccc1)[C@@H]1CCCN(C(=O)NC(CC2CCCCC2)CN(C)C)C1. The highest BCUT2D eigenvalue weighted by molar-refractivity contribution is 5.74. The van der Waals surface area contributed by atoms with Crippen molar-refractivity contribution in [3.63, 3.8) is 0 Å². The number of ether oxygens (including phenoxy) is 1. The van der Waals surface area contributed by atoms with Crippen LogP contribution in [0.1, 0.15) is 83.1 Å². The summed E-state index contributed by atoms with van der Waals surface area (Å²) >= 11 is 0. The highest BCUT2D eigenvalue weighted by atomic mass is 16.5. The zero-order chi connectivity index (χ0) is 25.8. The molecule has 2 aliphatic rings. The highest BCUT2D eigenvalue weighted by Gasteiger charge is 2.41. The van der Waals surface area contributed by atoms with E-state index in [0.29, 0.717) is 13.0 Å². The van der Waals surface area contributed by atoms with Gasteiger partial charge in [0, 0.05) is 44.8 Å². The van der Waals surface area contributed by atoms with Crippen LogP contribution in [0, 0.1) is 11.8 Å². The second-order valence-electron chi connectivity index (χ2n) is 11.4. The predicted molar refractivity (Wildman–Crippen MR) is 147 cm³/mol. The molecule has 0 radical (unpaired) electrons. The lowest BCUT2D eigenvalue weighted by Gasteiger charge is -2.43. The van der Waals surface area contributed by atoms with Crippen LogP contribution >= 0.6 is 0 Å². The largest absolute Gasteiger partial charge is 0.385 e. The number of nitrogens with zero attached hydrogens (tertiary/aromatic N) is 2. The Morgan fingerprint density at radius 2 is 1.89 bits per heavy atom. The molecular weight excluding hydrogens is 450 g/mol. The molecule has 1 aliphatic heterocycles. The molecule has 0 aromatic heterocycles. The second kappa shape index (κ2) is 14.9. The Bertz CT molecular complexity index is 753. The average molecular weight is 502 g/mol. The molecule has 1 aliphatic carbocycles. The number of nitrogens with one attached hydrogen (secondary N) is 1. The van der Waals surface area contributed by atoms with Crippen LogP contribution in [0.5, 0.6) is 0 Å². The summed E-state index contributed by atoms with van der Waals surface area (Å²) < 4.78 is 5.52. The number of benzene rings is 1. The van der Waals surface area contributed by atoms with Gasteiger partial charge in [0.25, 0.3) is 0 Å². The maximum atomic E-state index is 13.5. The lowest BCUT2D eigenvalue weighted by atomic mass is 9.74. The van der Waals surface area contributed by atoms with E-state index >= 15 is 0 Å². The number of urea groups is 1. The standard InChI is InChI=1S/C30H51N3O3/c1-4-36-21-12-11-19-30(35,26-16-9-6-10-17-26)27-18-13-20-33(23-27)29(34)31-28(24-32(2)3)22-25-14-7-5-8-15-25/h6,9-10,16-17,25,27-28,35H,4-5,7-8,11-15,18-24H2,1-3H3,(H,31,34)/t27-,28?,30+/m1/s1. The number of carbonyl (C=O) groups is 1. The molecular formula is C30H51N3O3. The molecule has 0 spiro atoms. The molecule has 1 saturated heterocycles. The molecule has 3 atom stereocenters. The van der Waals surface area contributed by atoms with E-state index in [2.05, 4.69) is 24.3 Å². The molecule has 6 nitrogen and oxygen atoms in total. The first-order valence-electron chi connectivity index (χ1n) is 14.5. The van der Waals surface area contributed by atoms with Crippen LogP contribution in [0.2, 0.25) is 0 Å². The van der Waals surface area contributed by atoms with Crippen LogP contribution in [0.4, 0.5) is 4.79 Å². The number of likely N-dealkylation sites (N-methyl/N-ethyl adjacent to an activating group) is 1. The van der Waals surface area contributed by atoms with Gasteiger partial charge >= 0.3 is 6.03 Å². The summed E-state index contributed by atoms with van der Waals surface area (Å²) in [7, 11) is 4.17. The quantitative estimate of drug-likeness (QED) is 0.355. The van der Waals surface area contributed by atoms with Crippen LogP contribution in [0.25, 0.3) is 0 Å². The molecule has 2 N–H and O–H groups in total. The van der Waals surface area contributed by atoms with Crippen molar-refractivity contribution in [1.29, 1.82) is 0 Å². The molecule has 6 heteroatoms. The molecule has 1 aromatic rings. The number of unbranched alkanes of at least 4 members (excludes halogenated alkanes) is 1. The average Bonchev–Trinajstić information content (AvgIpc) is 2.89. The number of hydrogen-bond donors (Lipinski definition) is 2. The lowest BCUT2D eigenvalue weighted by molar-refractivity contribution is -0.0566. The van der Waals surface area contributed by atoms with Crippen molar-refractivity contribution >= 4 is 6.03 Å². The number of hydrogen-bond acceptors (Lipinski definition) is 4. The first kappa shape index (κ1) is 28.9. The van der Waals surface area contributed by atoms with Gasteiger partial charge in [-0.15, -0.1) is 0 Å². The van der Waals surface area contributed by atoms with Crippen molar-refractivity contribution in [3.8, 4) is 0 Å². The van der Waals surface area contributed by atoms with Crippen molar-refractivity contribution in [2.75, 3.05) is 46.9 Å². The minimum absolute atomic E-state index is 0.0251. The van der Waals surface area contributed by atoms with Gasteiger partial charge in [-0.2, -0.15) is 0 Å². The van der Waals surface area contributed by atoms with E-state index < -0.39 is 5.60 Å². The zero-order valence-electron chi connectivity index (χ0n) is 23.1. The molecule has 1 aromatic carbocycles. The third-order valence-corrected chi connectivity index (χ3v) is 8.21. The monoisotopic (exact) mass is 501 g/mol. The van der Waals surface area contributed by atoms with Gasteiger partial charge in [0.1, 0.15) is 0 Å². The van der Waals surface area contributed by atoms with E-state index in [1.807, 2.05) is 42.2 Å². The Labute approximate surface area is 219 Å². The minimum Gasteiger partial charge on any atom is -0.385 e. The topological polar surface area (TPSA) is 65.0 Å². The molecule has 3 rings (SSSR count). The fourth-order valence-corrected chi connectivity index (χ4v) is 6.32. The number of carbonyl (C=O) groups excluding carboxylic acids is 1. The predicted octanol–water partition coefficient (Wildman–Crippen LogP) is 5.40. The van der Waals surface area contributed by atoms with Gasteiger partial charge in [-0.1, -0.05) is 62.4 Å². The first-order valence-corrected chi connectivity index (χ1v) is 14.5. The summed E-state index contributed by atoms with van der Waals surface area (Å²) in [6.07, 6.45) is 12.0. The molecule has 204 valence electrons. The van der Waals surface area contributed by atoms with Crippen LogP contribution in [0.3, 0.4) is 0 Å². The Morgan fingerprint density at radius 1 is 1.14 bits per heavy atom. The summed E-state index contributed by atoms with van der Waals surface area (Å²) in [5.74, 6) is 0.745. The van der Waals surface area contributed by atoms with E-state index in [-0.39, 0.29) is 18.0 Å². The van der Waals surface area contributed by atoms with Crippen LogP contribution in [0.15, 0.2) is 30.3 Å². The fraction of sp³-hybridized carbons (Fsp3) is 0.767. The third kappa shape index (κ3) is 8.74. The number of rotatable bonds is 13.